The molecule has 6 nitrogen and oxygen atoms in total. The van der Waals surface area contributed by atoms with Crippen LogP contribution in [0, 0.1) is 6.92 Å². The summed E-state index contributed by atoms with van der Waals surface area (Å²) in [6.07, 6.45) is 1.53. The molecule has 0 saturated carbocycles. The molecule has 0 unspecified atom stereocenters. The highest BCUT2D eigenvalue weighted by Gasteiger charge is 2.07. The Hall–Kier alpha value is -2.63. The molecule has 21 heavy (non-hydrogen) atoms. The van der Waals surface area contributed by atoms with Gasteiger partial charge in [-0.15, -0.1) is 0 Å². The molecular formula is C15H18N4O2. The van der Waals surface area contributed by atoms with Crippen molar-refractivity contribution in [1.82, 2.24) is 9.78 Å². The van der Waals surface area contributed by atoms with Crippen LogP contribution in [0.4, 0.5) is 11.4 Å². The van der Waals surface area contributed by atoms with Gasteiger partial charge in [0.15, 0.2) is 0 Å². The van der Waals surface area contributed by atoms with E-state index >= 15 is 0 Å². The Bertz CT molecular complexity index is 694. The molecule has 0 fully saturated rings. The minimum Gasteiger partial charge on any atom is -0.384 e. The van der Waals surface area contributed by atoms with E-state index in [1.807, 2.05) is 32.0 Å². The molecule has 0 aliphatic heterocycles. The number of carbonyl (C=O) groups excluding carboxylic acids is 1. The maximum Gasteiger partial charge on any atom is 0.269 e. The van der Waals surface area contributed by atoms with E-state index in [9.17, 15) is 9.59 Å². The van der Waals surface area contributed by atoms with Gasteiger partial charge in [-0.3, -0.25) is 9.59 Å². The molecule has 1 amide bonds. The Morgan fingerprint density at radius 3 is 2.76 bits per heavy atom. The van der Waals surface area contributed by atoms with E-state index in [1.165, 1.54) is 12.3 Å². The second-order valence-electron chi connectivity index (χ2n) is 4.69. The summed E-state index contributed by atoms with van der Waals surface area (Å²) in [5.41, 5.74) is 2.10. The fourth-order valence-electron chi connectivity index (χ4n) is 1.91. The third kappa shape index (κ3) is 4.17. The molecule has 110 valence electrons. The number of rotatable bonds is 5. The average Bonchev–Trinajstić information content (AvgIpc) is 2.42. The molecule has 0 bridgehead atoms. The van der Waals surface area contributed by atoms with Crippen molar-refractivity contribution >= 4 is 17.3 Å². The Labute approximate surface area is 122 Å². The van der Waals surface area contributed by atoms with Crippen LogP contribution in [-0.4, -0.2) is 22.2 Å². The van der Waals surface area contributed by atoms with E-state index < -0.39 is 0 Å². The van der Waals surface area contributed by atoms with Gasteiger partial charge in [-0.2, -0.15) is 5.10 Å². The normalized spacial score (nSPS) is 10.2. The Morgan fingerprint density at radius 1 is 1.29 bits per heavy atom. The van der Waals surface area contributed by atoms with Gasteiger partial charge < -0.3 is 10.6 Å². The van der Waals surface area contributed by atoms with Gasteiger partial charge >= 0.3 is 0 Å². The molecule has 0 aliphatic carbocycles. The van der Waals surface area contributed by atoms with Crippen LogP contribution in [0.5, 0.6) is 0 Å². The van der Waals surface area contributed by atoms with Crippen molar-refractivity contribution < 1.29 is 4.79 Å². The largest absolute Gasteiger partial charge is 0.384 e. The molecule has 0 saturated heterocycles. The number of hydrogen-bond acceptors (Lipinski definition) is 4. The van der Waals surface area contributed by atoms with E-state index in [1.54, 1.807) is 6.07 Å². The molecule has 0 spiro atoms. The number of aryl methyl sites for hydroxylation is 1. The Kier molecular flexibility index (Phi) is 4.71. The topological polar surface area (TPSA) is 76.0 Å². The van der Waals surface area contributed by atoms with Crippen molar-refractivity contribution in [1.29, 1.82) is 0 Å². The molecule has 1 aromatic heterocycles. The lowest BCUT2D eigenvalue weighted by Gasteiger charge is -2.08. The third-order valence-corrected chi connectivity index (χ3v) is 2.85. The van der Waals surface area contributed by atoms with Gasteiger partial charge in [0.05, 0.1) is 11.9 Å². The van der Waals surface area contributed by atoms with E-state index in [0.717, 1.165) is 10.2 Å². The quantitative estimate of drug-likeness (QED) is 0.875. The smallest absolute Gasteiger partial charge is 0.269 e. The zero-order chi connectivity index (χ0) is 15.2. The predicted octanol–water partition coefficient (Wildman–Crippen LogP) is 1.62. The zero-order valence-corrected chi connectivity index (χ0v) is 12.1. The van der Waals surface area contributed by atoms with Gasteiger partial charge in [0.25, 0.3) is 5.56 Å². The molecule has 0 radical (unpaired) electrons. The lowest BCUT2D eigenvalue weighted by Crippen LogP contribution is -2.29. The number of hydrogen-bond donors (Lipinski definition) is 2. The summed E-state index contributed by atoms with van der Waals surface area (Å²) in [6, 6.07) is 8.90. The van der Waals surface area contributed by atoms with E-state index in [4.69, 9.17) is 0 Å². The molecule has 2 N–H and O–H groups in total. The number of amides is 1. The highest BCUT2D eigenvalue weighted by Crippen LogP contribution is 2.09. The van der Waals surface area contributed by atoms with Crippen molar-refractivity contribution in [3.05, 3.63) is 52.4 Å². The summed E-state index contributed by atoms with van der Waals surface area (Å²) in [4.78, 5) is 23.8. The first-order valence-corrected chi connectivity index (χ1v) is 6.76. The number of anilines is 2. The monoisotopic (exact) mass is 286 g/mol. The molecular weight excluding hydrogens is 268 g/mol. The fourth-order valence-corrected chi connectivity index (χ4v) is 1.91. The van der Waals surface area contributed by atoms with Gasteiger partial charge in [-0.1, -0.05) is 12.1 Å². The van der Waals surface area contributed by atoms with Gasteiger partial charge in [0.1, 0.15) is 6.54 Å². The van der Waals surface area contributed by atoms with Crippen LogP contribution in [0.15, 0.2) is 41.3 Å². The highest BCUT2D eigenvalue weighted by molar-refractivity contribution is 5.90. The maximum absolute atomic E-state index is 11.9. The molecule has 2 aromatic rings. The Balaban J connectivity index is 2.04. The SMILES string of the molecule is CCNc1cnn(CC(=O)Nc2cccc(C)c2)c(=O)c1. The van der Waals surface area contributed by atoms with Crippen LogP contribution in [0.3, 0.4) is 0 Å². The van der Waals surface area contributed by atoms with Crippen molar-refractivity contribution in [3.8, 4) is 0 Å². The van der Waals surface area contributed by atoms with Crippen molar-refractivity contribution in [3.63, 3.8) is 0 Å². The molecule has 0 aliphatic rings. The summed E-state index contributed by atoms with van der Waals surface area (Å²) in [5, 5.41) is 9.72. The van der Waals surface area contributed by atoms with Gasteiger partial charge in [-0.25, -0.2) is 4.68 Å². The van der Waals surface area contributed by atoms with Gasteiger partial charge in [-0.05, 0) is 31.5 Å². The predicted molar refractivity (Wildman–Crippen MR) is 82.5 cm³/mol. The van der Waals surface area contributed by atoms with Crippen molar-refractivity contribution in [2.75, 3.05) is 17.2 Å². The number of carbonyl (C=O) groups is 1. The van der Waals surface area contributed by atoms with E-state index in [2.05, 4.69) is 15.7 Å². The summed E-state index contributed by atoms with van der Waals surface area (Å²) < 4.78 is 1.13. The number of nitrogens with zero attached hydrogens (tertiary/aromatic N) is 2. The summed E-state index contributed by atoms with van der Waals surface area (Å²) in [5.74, 6) is -0.286. The van der Waals surface area contributed by atoms with E-state index in [0.29, 0.717) is 17.9 Å². The third-order valence-electron chi connectivity index (χ3n) is 2.85. The first-order valence-electron chi connectivity index (χ1n) is 6.76. The van der Waals surface area contributed by atoms with Crippen LogP contribution < -0.4 is 16.2 Å². The van der Waals surface area contributed by atoms with Gasteiger partial charge in [0, 0.05) is 18.3 Å². The number of nitrogens with one attached hydrogen (secondary N) is 2. The first-order chi connectivity index (χ1) is 10.1. The lowest BCUT2D eigenvalue weighted by molar-refractivity contribution is -0.117. The molecule has 2 rings (SSSR count). The fraction of sp³-hybridized carbons (Fsp3) is 0.267. The van der Waals surface area contributed by atoms with Gasteiger partial charge in [0.2, 0.25) is 5.91 Å². The average molecular weight is 286 g/mol. The molecule has 1 heterocycles. The minimum absolute atomic E-state index is 0.112. The summed E-state index contributed by atoms with van der Waals surface area (Å²) in [7, 11) is 0. The molecule has 1 aromatic carbocycles. The van der Waals surface area contributed by atoms with Crippen LogP contribution in [0.1, 0.15) is 12.5 Å². The van der Waals surface area contributed by atoms with Crippen LogP contribution in [0.2, 0.25) is 0 Å². The van der Waals surface area contributed by atoms with Crippen LogP contribution >= 0.6 is 0 Å². The minimum atomic E-state index is -0.312. The van der Waals surface area contributed by atoms with Crippen molar-refractivity contribution in [2.24, 2.45) is 0 Å². The first kappa shape index (κ1) is 14.8. The maximum atomic E-state index is 11.9. The molecule has 6 heteroatoms. The summed E-state index contributed by atoms with van der Waals surface area (Å²) in [6.45, 7) is 4.47. The van der Waals surface area contributed by atoms with E-state index in [-0.39, 0.29) is 18.0 Å². The second kappa shape index (κ2) is 6.69. The highest BCUT2D eigenvalue weighted by atomic mass is 16.2. The lowest BCUT2D eigenvalue weighted by atomic mass is 10.2. The van der Waals surface area contributed by atoms with Crippen molar-refractivity contribution in [2.45, 2.75) is 20.4 Å². The number of aromatic nitrogens is 2. The van der Waals surface area contributed by atoms with Crippen LogP contribution in [0.25, 0.3) is 0 Å². The summed E-state index contributed by atoms with van der Waals surface area (Å²) >= 11 is 0. The Morgan fingerprint density at radius 2 is 2.10 bits per heavy atom. The molecule has 0 atom stereocenters. The number of benzene rings is 1. The standard InChI is InChI=1S/C15H18N4O2/c1-3-16-13-8-15(21)19(17-9-13)10-14(20)18-12-6-4-5-11(2)7-12/h4-9,16H,3,10H2,1-2H3,(H,18,20). The zero-order valence-electron chi connectivity index (χ0n) is 12.1. The van der Waals surface area contributed by atoms with Crippen LogP contribution in [-0.2, 0) is 11.3 Å². The second-order valence-corrected chi connectivity index (χ2v) is 4.69.